The van der Waals surface area contributed by atoms with Crippen molar-refractivity contribution in [3.8, 4) is 6.07 Å². The number of nitrogens with one attached hydrogen (secondary N) is 1. The van der Waals surface area contributed by atoms with Crippen LogP contribution in [-0.4, -0.2) is 11.4 Å². The summed E-state index contributed by atoms with van der Waals surface area (Å²) < 4.78 is 0. The number of rotatable bonds is 6. The molecule has 1 heterocycles. The van der Waals surface area contributed by atoms with Gasteiger partial charge in [-0.3, -0.25) is 4.79 Å². The third-order valence-electron chi connectivity index (χ3n) is 3.77. The zero-order valence-corrected chi connectivity index (χ0v) is 13.7. The molecule has 0 bridgehead atoms. The average Bonchev–Trinajstić information content (AvgIpc) is 3.07. The van der Waals surface area contributed by atoms with Gasteiger partial charge in [0.25, 0.3) is 0 Å². The number of hydrogen-bond acceptors (Lipinski definition) is 3. The molecule has 2 rings (SSSR count). The monoisotopic (exact) mass is 312 g/mol. The molecular weight excluding hydrogens is 292 g/mol. The highest BCUT2D eigenvalue weighted by atomic mass is 32.1. The predicted octanol–water partition coefficient (Wildman–Crippen LogP) is 3.88. The fourth-order valence-electron chi connectivity index (χ4n) is 2.23. The van der Waals surface area contributed by atoms with Crippen LogP contribution in [0.2, 0.25) is 0 Å². The summed E-state index contributed by atoms with van der Waals surface area (Å²) in [5.74, 6) is -0.330. The van der Waals surface area contributed by atoms with Crippen molar-refractivity contribution >= 4 is 17.2 Å². The third kappa shape index (κ3) is 4.19. The summed E-state index contributed by atoms with van der Waals surface area (Å²) in [4.78, 5) is 13.4. The Hall–Kier alpha value is -2.12. The standard InChI is InChI=1S/C18H20N2OS/c1-14(16-9-6-12-22-16)17(21)20-18(2,13-19)11-10-15-7-4-3-5-8-15/h3-9,12,14H,10-11H2,1-2H3,(H,20,21)/t14-,18+/m0/s1. The van der Waals surface area contributed by atoms with E-state index in [2.05, 4.69) is 11.4 Å². The molecule has 0 saturated heterocycles. The minimum Gasteiger partial charge on any atom is -0.337 e. The molecule has 0 saturated carbocycles. The van der Waals surface area contributed by atoms with Gasteiger partial charge in [0.15, 0.2) is 0 Å². The molecule has 0 fully saturated rings. The number of aryl methyl sites for hydroxylation is 1. The number of benzene rings is 1. The Balaban J connectivity index is 1.98. The van der Waals surface area contributed by atoms with E-state index in [1.54, 1.807) is 18.3 Å². The zero-order chi connectivity index (χ0) is 16.0. The van der Waals surface area contributed by atoms with Crippen molar-refractivity contribution in [3.05, 3.63) is 58.3 Å². The lowest BCUT2D eigenvalue weighted by Crippen LogP contribution is -2.46. The van der Waals surface area contributed by atoms with Crippen molar-refractivity contribution in [3.63, 3.8) is 0 Å². The summed E-state index contributed by atoms with van der Waals surface area (Å²) in [6, 6.07) is 16.1. The maximum Gasteiger partial charge on any atom is 0.229 e. The molecule has 1 N–H and O–H groups in total. The van der Waals surface area contributed by atoms with Gasteiger partial charge in [0.05, 0.1) is 12.0 Å². The lowest BCUT2D eigenvalue weighted by molar-refractivity contribution is -0.123. The van der Waals surface area contributed by atoms with Gasteiger partial charge < -0.3 is 5.32 Å². The molecule has 0 aliphatic heterocycles. The first-order valence-electron chi connectivity index (χ1n) is 7.35. The van der Waals surface area contributed by atoms with Crippen LogP contribution in [0.3, 0.4) is 0 Å². The van der Waals surface area contributed by atoms with E-state index in [0.29, 0.717) is 6.42 Å². The van der Waals surface area contributed by atoms with Crippen LogP contribution in [0.25, 0.3) is 0 Å². The van der Waals surface area contributed by atoms with Gasteiger partial charge in [-0.25, -0.2) is 0 Å². The molecule has 2 atom stereocenters. The molecule has 0 radical (unpaired) electrons. The second kappa shape index (κ2) is 7.24. The van der Waals surface area contributed by atoms with E-state index in [-0.39, 0.29) is 11.8 Å². The van der Waals surface area contributed by atoms with E-state index in [1.807, 2.05) is 54.8 Å². The fraction of sp³-hybridized carbons (Fsp3) is 0.333. The van der Waals surface area contributed by atoms with Crippen LogP contribution in [0.4, 0.5) is 0 Å². The van der Waals surface area contributed by atoms with Crippen molar-refractivity contribution in [2.75, 3.05) is 0 Å². The lowest BCUT2D eigenvalue weighted by atomic mass is 9.93. The topological polar surface area (TPSA) is 52.9 Å². The largest absolute Gasteiger partial charge is 0.337 e. The quantitative estimate of drug-likeness (QED) is 0.880. The molecule has 4 heteroatoms. The molecule has 1 aromatic carbocycles. The lowest BCUT2D eigenvalue weighted by Gasteiger charge is -2.25. The van der Waals surface area contributed by atoms with E-state index in [0.717, 1.165) is 11.3 Å². The summed E-state index contributed by atoms with van der Waals surface area (Å²) >= 11 is 1.56. The van der Waals surface area contributed by atoms with Gasteiger partial charge in [-0.15, -0.1) is 11.3 Å². The minimum atomic E-state index is -0.849. The molecule has 0 aliphatic carbocycles. The number of nitrogens with zero attached hydrogens (tertiary/aromatic N) is 1. The summed E-state index contributed by atoms with van der Waals surface area (Å²) in [6.07, 6.45) is 1.36. The molecule has 2 aromatic rings. The molecular formula is C18H20N2OS. The zero-order valence-electron chi connectivity index (χ0n) is 12.9. The molecule has 0 unspecified atom stereocenters. The van der Waals surface area contributed by atoms with Crippen molar-refractivity contribution in [1.82, 2.24) is 5.32 Å². The third-order valence-corrected chi connectivity index (χ3v) is 4.82. The smallest absolute Gasteiger partial charge is 0.229 e. The van der Waals surface area contributed by atoms with Gasteiger partial charge in [-0.05, 0) is 43.7 Å². The Morgan fingerprint density at radius 2 is 2.05 bits per heavy atom. The number of carbonyl (C=O) groups is 1. The van der Waals surface area contributed by atoms with E-state index < -0.39 is 5.54 Å². The summed E-state index contributed by atoms with van der Waals surface area (Å²) in [5.41, 5.74) is 0.322. The SMILES string of the molecule is C[C@H](C(=O)N[C@@](C)(C#N)CCc1ccccc1)c1cccs1. The number of amides is 1. The van der Waals surface area contributed by atoms with Gasteiger partial charge in [0.1, 0.15) is 5.54 Å². The second-order valence-electron chi connectivity index (χ2n) is 5.66. The Kier molecular flexibility index (Phi) is 5.35. The van der Waals surface area contributed by atoms with Crippen LogP contribution >= 0.6 is 11.3 Å². The van der Waals surface area contributed by atoms with Crippen LogP contribution < -0.4 is 5.32 Å². The van der Waals surface area contributed by atoms with Gasteiger partial charge in [0, 0.05) is 4.88 Å². The second-order valence-corrected chi connectivity index (χ2v) is 6.64. The van der Waals surface area contributed by atoms with E-state index >= 15 is 0 Å². The van der Waals surface area contributed by atoms with Crippen LogP contribution in [0.15, 0.2) is 47.8 Å². The van der Waals surface area contributed by atoms with E-state index in [4.69, 9.17) is 0 Å². The first kappa shape index (κ1) is 16.3. The van der Waals surface area contributed by atoms with Crippen LogP contribution in [0, 0.1) is 11.3 Å². The van der Waals surface area contributed by atoms with E-state index in [9.17, 15) is 10.1 Å². The molecule has 0 spiro atoms. The van der Waals surface area contributed by atoms with Crippen LogP contribution in [-0.2, 0) is 11.2 Å². The maximum absolute atomic E-state index is 12.4. The van der Waals surface area contributed by atoms with Crippen molar-refractivity contribution in [2.24, 2.45) is 0 Å². The molecule has 3 nitrogen and oxygen atoms in total. The molecule has 1 amide bonds. The van der Waals surface area contributed by atoms with Gasteiger partial charge in [-0.1, -0.05) is 36.4 Å². The van der Waals surface area contributed by atoms with Gasteiger partial charge in [0.2, 0.25) is 5.91 Å². The maximum atomic E-state index is 12.4. The Bertz CT molecular complexity index is 645. The van der Waals surface area contributed by atoms with Gasteiger partial charge >= 0.3 is 0 Å². The summed E-state index contributed by atoms with van der Waals surface area (Å²) in [5, 5.41) is 14.3. The number of nitriles is 1. The van der Waals surface area contributed by atoms with Crippen LogP contribution in [0.5, 0.6) is 0 Å². The van der Waals surface area contributed by atoms with E-state index in [1.165, 1.54) is 5.56 Å². The highest BCUT2D eigenvalue weighted by Crippen LogP contribution is 2.22. The van der Waals surface area contributed by atoms with Gasteiger partial charge in [-0.2, -0.15) is 5.26 Å². The first-order valence-corrected chi connectivity index (χ1v) is 8.23. The number of carbonyl (C=O) groups excluding carboxylic acids is 1. The molecule has 22 heavy (non-hydrogen) atoms. The molecule has 114 valence electrons. The predicted molar refractivity (Wildman–Crippen MR) is 89.7 cm³/mol. The summed E-state index contributed by atoms with van der Waals surface area (Å²) in [7, 11) is 0. The van der Waals surface area contributed by atoms with Crippen LogP contribution in [0.1, 0.15) is 36.6 Å². The highest BCUT2D eigenvalue weighted by molar-refractivity contribution is 7.10. The minimum absolute atomic E-state index is 0.0976. The van der Waals surface area contributed by atoms with Crippen molar-refractivity contribution in [1.29, 1.82) is 5.26 Å². The Morgan fingerprint density at radius 3 is 2.64 bits per heavy atom. The normalized spacial score (nSPS) is 14.6. The summed E-state index contributed by atoms with van der Waals surface area (Å²) in [6.45, 7) is 3.66. The Morgan fingerprint density at radius 1 is 1.32 bits per heavy atom. The number of thiophene rings is 1. The number of hydrogen-bond donors (Lipinski definition) is 1. The Labute approximate surface area is 135 Å². The van der Waals surface area contributed by atoms with Crippen molar-refractivity contribution < 1.29 is 4.79 Å². The molecule has 1 aromatic heterocycles. The average molecular weight is 312 g/mol. The highest BCUT2D eigenvalue weighted by Gasteiger charge is 2.28. The molecule has 0 aliphatic rings. The van der Waals surface area contributed by atoms with Crippen molar-refractivity contribution in [2.45, 2.75) is 38.1 Å². The first-order chi connectivity index (χ1) is 10.5. The fourth-order valence-corrected chi connectivity index (χ4v) is 3.01.